The van der Waals surface area contributed by atoms with Gasteiger partial charge in [-0.3, -0.25) is 0 Å². The van der Waals surface area contributed by atoms with E-state index in [1.807, 2.05) is 6.07 Å². The molecule has 2 heterocycles. The first-order chi connectivity index (χ1) is 12.3. The third-order valence-electron chi connectivity index (χ3n) is 4.38. The topological polar surface area (TPSA) is 50.3 Å². The van der Waals surface area contributed by atoms with E-state index in [1.54, 1.807) is 12.3 Å². The van der Waals surface area contributed by atoms with Crippen LogP contribution in [0, 0.1) is 0 Å². The Bertz CT molecular complexity index is 766. The van der Waals surface area contributed by atoms with Crippen LogP contribution in [0.25, 0.3) is 0 Å². The van der Waals surface area contributed by atoms with Crippen LogP contribution < -0.4 is 15.0 Å². The van der Waals surface area contributed by atoms with Crippen molar-refractivity contribution in [2.75, 3.05) is 16.8 Å². The Morgan fingerprint density at radius 2 is 2.08 bits per heavy atom. The summed E-state index contributed by atoms with van der Waals surface area (Å²) in [6, 6.07) is 6.62. The number of anilines is 2. The van der Waals surface area contributed by atoms with Gasteiger partial charge in [0.05, 0.1) is 0 Å². The molecule has 140 valence electrons. The van der Waals surface area contributed by atoms with Crippen LogP contribution in [-0.2, 0) is 13.0 Å². The summed E-state index contributed by atoms with van der Waals surface area (Å²) in [5.74, 6) is 1.20. The standard InChI is InChI=1S/C18H21F3N4O/c1-3-12(2)23-17-22-8-6-16(24-17)25-9-7-13-10-15(26-18(19,20)21)5-4-14(13)11-25/h4-6,8,10,12H,3,7,9,11H2,1-2H3,(H,22,23,24)/t12-/m0/s1. The van der Waals surface area contributed by atoms with Crippen LogP contribution >= 0.6 is 0 Å². The second kappa shape index (κ2) is 7.39. The molecule has 0 radical (unpaired) electrons. The van der Waals surface area contributed by atoms with E-state index >= 15 is 0 Å². The first-order valence-corrected chi connectivity index (χ1v) is 8.56. The summed E-state index contributed by atoms with van der Waals surface area (Å²) in [5, 5.41) is 3.25. The van der Waals surface area contributed by atoms with Gasteiger partial charge in [-0.25, -0.2) is 4.98 Å². The minimum atomic E-state index is -4.67. The van der Waals surface area contributed by atoms with Crippen LogP contribution in [0.15, 0.2) is 30.5 Å². The Morgan fingerprint density at radius 1 is 1.27 bits per heavy atom. The van der Waals surface area contributed by atoms with E-state index in [0.29, 0.717) is 25.5 Å². The third-order valence-corrected chi connectivity index (χ3v) is 4.38. The number of fused-ring (bicyclic) bond motifs is 1. The highest BCUT2D eigenvalue weighted by atomic mass is 19.4. The van der Waals surface area contributed by atoms with Gasteiger partial charge in [0.1, 0.15) is 11.6 Å². The van der Waals surface area contributed by atoms with Crippen molar-refractivity contribution in [2.24, 2.45) is 0 Å². The number of nitrogens with zero attached hydrogens (tertiary/aromatic N) is 3. The number of rotatable bonds is 5. The lowest BCUT2D eigenvalue weighted by Crippen LogP contribution is -2.31. The molecule has 8 heteroatoms. The molecule has 0 saturated carbocycles. The SMILES string of the molecule is CC[C@H](C)Nc1nccc(N2CCc3cc(OC(F)(F)F)ccc3C2)n1. The molecule has 0 unspecified atom stereocenters. The van der Waals surface area contributed by atoms with Crippen molar-refractivity contribution in [2.45, 2.75) is 45.6 Å². The fourth-order valence-corrected chi connectivity index (χ4v) is 2.84. The molecule has 0 saturated heterocycles. The van der Waals surface area contributed by atoms with Crippen molar-refractivity contribution in [3.63, 3.8) is 0 Å². The molecule has 1 aliphatic rings. The number of alkyl halides is 3. The summed E-state index contributed by atoms with van der Waals surface area (Å²) in [4.78, 5) is 10.9. The molecule has 1 N–H and O–H groups in total. The highest BCUT2D eigenvalue weighted by Crippen LogP contribution is 2.29. The van der Waals surface area contributed by atoms with Gasteiger partial charge < -0.3 is 15.0 Å². The first kappa shape index (κ1) is 18.3. The molecule has 0 bridgehead atoms. The zero-order chi connectivity index (χ0) is 18.7. The van der Waals surface area contributed by atoms with Gasteiger partial charge >= 0.3 is 6.36 Å². The van der Waals surface area contributed by atoms with Crippen molar-refractivity contribution in [1.82, 2.24) is 9.97 Å². The molecule has 1 atom stereocenters. The van der Waals surface area contributed by atoms with E-state index in [1.165, 1.54) is 12.1 Å². The average molecular weight is 366 g/mol. The maximum absolute atomic E-state index is 12.4. The minimum absolute atomic E-state index is 0.174. The number of nitrogens with one attached hydrogen (secondary N) is 1. The predicted molar refractivity (Wildman–Crippen MR) is 93.3 cm³/mol. The third kappa shape index (κ3) is 4.56. The second-order valence-electron chi connectivity index (χ2n) is 6.34. The highest BCUT2D eigenvalue weighted by molar-refractivity contribution is 5.48. The van der Waals surface area contributed by atoms with Gasteiger partial charge in [-0.2, -0.15) is 4.98 Å². The van der Waals surface area contributed by atoms with Crippen molar-refractivity contribution in [3.05, 3.63) is 41.6 Å². The molecule has 5 nitrogen and oxygen atoms in total. The Morgan fingerprint density at radius 3 is 2.81 bits per heavy atom. The summed E-state index contributed by atoms with van der Waals surface area (Å²) >= 11 is 0. The second-order valence-corrected chi connectivity index (χ2v) is 6.34. The van der Waals surface area contributed by atoms with Gasteiger partial charge in [0.25, 0.3) is 0 Å². The van der Waals surface area contributed by atoms with E-state index < -0.39 is 6.36 Å². The van der Waals surface area contributed by atoms with Crippen molar-refractivity contribution < 1.29 is 17.9 Å². The number of hydrogen-bond acceptors (Lipinski definition) is 5. The fraction of sp³-hybridized carbons (Fsp3) is 0.444. The van der Waals surface area contributed by atoms with Gasteiger partial charge in [0.2, 0.25) is 5.95 Å². The van der Waals surface area contributed by atoms with Gasteiger partial charge in [-0.15, -0.1) is 13.2 Å². The minimum Gasteiger partial charge on any atom is -0.406 e. The quantitative estimate of drug-likeness (QED) is 0.862. The number of halogens is 3. The molecule has 0 aliphatic carbocycles. The molecule has 1 aromatic carbocycles. The normalized spacial score (nSPS) is 15.3. The molecule has 0 fully saturated rings. The van der Waals surface area contributed by atoms with E-state index in [4.69, 9.17) is 0 Å². The molecule has 2 aromatic rings. The molecule has 1 aromatic heterocycles. The van der Waals surface area contributed by atoms with E-state index in [-0.39, 0.29) is 11.8 Å². The summed E-state index contributed by atoms with van der Waals surface area (Å²) in [7, 11) is 0. The number of aromatic nitrogens is 2. The van der Waals surface area contributed by atoms with Crippen LogP contribution in [0.4, 0.5) is 24.9 Å². The zero-order valence-corrected chi connectivity index (χ0v) is 14.7. The largest absolute Gasteiger partial charge is 0.573 e. The molecule has 3 rings (SSSR count). The van der Waals surface area contributed by atoms with Gasteiger partial charge in [0.15, 0.2) is 0 Å². The lowest BCUT2D eigenvalue weighted by atomic mass is 9.99. The Kier molecular flexibility index (Phi) is 5.20. The van der Waals surface area contributed by atoms with E-state index in [0.717, 1.165) is 23.4 Å². The lowest BCUT2D eigenvalue weighted by Gasteiger charge is -2.30. The van der Waals surface area contributed by atoms with E-state index in [2.05, 4.69) is 38.8 Å². The van der Waals surface area contributed by atoms with Crippen LogP contribution in [0.1, 0.15) is 31.4 Å². The van der Waals surface area contributed by atoms with Crippen LogP contribution in [0.5, 0.6) is 5.75 Å². The number of hydrogen-bond donors (Lipinski definition) is 1. The molecule has 26 heavy (non-hydrogen) atoms. The van der Waals surface area contributed by atoms with Crippen LogP contribution in [-0.4, -0.2) is 28.9 Å². The van der Waals surface area contributed by atoms with Crippen LogP contribution in [0.2, 0.25) is 0 Å². The van der Waals surface area contributed by atoms with Gasteiger partial charge in [0, 0.05) is 25.3 Å². The van der Waals surface area contributed by atoms with Gasteiger partial charge in [-0.05, 0) is 49.1 Å². The number of ether oxygens (including phenoxy) is 1. The molecular weight excluding hydrogens is 345 g/mol. The highest BCUT2D eigenvalue weighted by Gasteiger charge is 2.31. The summed E-state index contributed by atoms with van der Waals surface area (Å²) in [6.07, 6.45) is -1.37. The van der Waals surface area contributed by atoms with Crippen molar-refractivity contribution >= 4 is 11.8 Å². The van der Waals surface area contributed by atoms with Gasteiger partial charge in [-0.1, -0.05) is 13.0 Å². The monoisotopic (exact) mass is 366 g/mol. The number of benzene rings is 1. The Labute approximate surface area is 150 Å². The summed E-state index contributed by atoms with van der Waals surface area (Å²) in [5.41, 5.74) is 1.84. The molecule has 1 aliphatic heterocycles. The zero-order valence-electron chi connectivity index (χ0n) is 14.7. The summed E-state index contributed by atoms with van der Waals surface area (Å²) < 4.78 is 41.1. The summed E-state index contributed by atoms with van der Waals surface area (Å²) in [6.45, 7) is 5.40. The molecular formula is C18H21F3N4O. The first-order valence-electron chi connectivity index (χ1n) is 8.56. The van der Waals surface area contributed by atoms with E-state index in [9.17, 15) is 13.2 Å². The maximum atomic E-state index is 12.4. The Balaban J connectivity index is 1.73. The lowest BCUT2D eigenvalue weighted by molar-refractivity contribution is -0.274. The Hall–Kier alpha value is -2.51. The van der Waals surface area contributed by atoms with Crippen LogP contribution in [0.3, 0.4) is 0 Å². The maximum Gasteiger partial charge on any atom is 0.573 e. The fourth-order valence-electron chi connectivity index (χ4n) is 2.84. The van der Waals surface area contributed by atoms with Crippen molar-refractivity contribution in [1.29, 1.82) is 0 Å². The van der Waals surface area contributed by atoms with Crippen molar-refractivity contribution in [3.8, 4) is 5.75 Å². The molecule has 0 spiro atoms. The average Bonchev–Trinajstić information content (AvgIpc) is 2.60. The predicted octanol–water partition coefficient (Wildman–Crippen LogP) is 4.15. The smallest absolute Gasteiger partial charge is 0.406 e. The molecule has 0 amide bonds.